The Balaban J connectivity index is 1.46. The van der Waals surface area contributed by atoms with E-state index < -0.39 is 0 Å². The van der Waals surface area contributed by atoms with Crippen LogP contribution in [-0.4, -0.2) is 30.8 Å². The number of nitrogens with one attached hydrogen (secondary N) is 1. The molecule has 8 nitrogen and oxygen atoms in total. The number of rotatable bonds is 6. The lowest BCUT2D eigenvalue weighted by atomic mass is 10.0. The largest absolute Gasteiger partial charge is 0.344 e. The average molecular weight is 366 g/mol. The quantitative estimate of drug-likeness (QED) is 0.719. The second-order valence-corrected chi connectivity index (χ2v) is 7.32. The van der Waals surface area contributed by atoms with Crippen molar-refractivity contribution in [3.63, 3.8) is 0 Å². The fourth-order valence-corrected chi connectivity index (χ4v) is 3.24. The van der Waals surface area contributed by atoms with Gasteiger partial charge in [0.2, 0.25) is 17.6 Å². The second kappa shape index (κ2) is 6.94. The van der Waals surface area contributed by atoms with Crippen LogP contribution in [0.25, 0.3) is 11.4 Å². The van der Waals surface area contributed by atoms with Crippen molar-refractivity contribution in [3.8, 4) is 11.4 Å². The van der Waals surface area contributed by atoms with Crippen molar-refractivity contribution in [2.75, 3.05) is 0 Å². The highest BCUT2D eigenvalue weighted by Crippen LogP contribution is 2.47. The zero-order chi connectivity index (χ0) is 19.0. The topological polar surface area (TPSA) is 98.7 Å². The zero-order valence-electron chi connectivity index (χ0n) is 15.5. The number of carbonyl (C=O) groups is 1. The van der Waals surface area contributed by atoms with E-state index in [4.69, 9.17) is 4.52 Å². The Labute approximate surface area is 157 Å². The number of hydrogen-bond donors (Lipinski definition) is 1. The SMILES string of the molecule is CC(C)C(NC(=O)C1CC1c1cnn(C)c1)c1nc(-c2ccncc2)no1. The summed E-state index contributed by atoms with van der Waals surface area (Å²) in [6.45, 7) is 4.04. The average Bonchev–Trinajstić information content (AvgIpc) is 3.10. The van der Waals surface area contributed by atoms with Gasteiger partial charge in [-0.15, -0.1) is 0 Å². The summed E-state index contributed by atoms with van der Waals surface area (Å²) in [7, 11) is 1.88. The molecule has 0 spiro atoms. The van der Waals surface area contributed by atoms with Crippen molar-refractivity contribution in [3.05, 3.63) is 48.4 Å². The lowest BCUT2D eigenvalue weighted by Gasteiger charge is -2.18. The Bertz CT molecular complexity index is 933. The van der Waals surface area contributed by atoms with Crippen LogP contribution in [0.2, 0.25) is 0 Å². The van der Waals surface area contributed by atoms with Gasteiger partial charge < -0.3 is 9.84 Å². The highest BCUT2D eigenvalue weighted by Gasteiger charge is 2.45. The number of hydrogen-bond acceptors (Lipinski definition) is 6. The van der Waals surface area contributed by atoms with Gasteiger partial charge in [-0.05, 0) is 36.0 Å². The molecule has 3 aromatic rings. The van der Waals surface area contributed by atoms with Gasteiger partial charge in [-0.2, -0.15) is 10.1 Å². The van der Waals surface area contributed by atoms with Gasteiger partial charge in [-0.3, -0.25) is 14.5 Å². The predicted octanol–water partition coefficient (Wildman–Crippen LogP) is 2.48. The fourth-order valence-electron chi connectivity index (χ4n) is 3.24. The maximum absolute atomic E-state index is 12.7. The molecule has 140 valence electrons. The summed E-state index contributed by atoms with van der Waals surface area (Å²) < 4.78 is 7.21. The van der Waals surface area contributed by atoms with Crippen LogP contribution in [0, 0.1) is 11.8 Å². The van der Waals surface area contributed by atoms with Crippen molar-refractivity contribution in [2.24, 2.45) is 18.9 Å². The highest BCUT2D eigenvalue weighted by atomic mass is 16.5. The molecule has 1 aliphatic carbocycles. The van der Waals surface area contributed by atoms with E-state index >= 15 is 0 Å². The third-order valence-electron chi connectivity index (χ3n) is 4.89. The van der Waals surface area contributed by atoms with Crippen molar-refractivity contribution >= 4 is 5.91 Å². The molecule has 3 heterocycles. The monoisotopic (exact) mass is 366 g/mol. The lowest BCUT2D eigenvalue weighted by molar-refractivity contribution is -0.123. The molecule has 1 fully saturated rings. The molecule has 3 atom stereocenters. The number of aryl methyl sites for hydroxylation is 1. The first-order chi connectivity index (χ1) is 13.0. The smallest absolute Gasteiger partial charge is 0.249 e. The van der Waals surface area contributed by atoms with Gasteiger partial charge in [0.25, 0.3) is 0 Å². The minimum Gasteiger partial charge on any atom is -0.344 e. The Morgan fingerprint density at radius 1 is 1.33 bits per heavy atom. The van der Waals surface area contributed by atoms with Crippen LogP contribution in [0.4, 0.5) is 0 Å². The minimum atomic E-state index is -0.323. The van der Waals surface area contributed by atoms with Gasteiger partial charge in [0, 0.05) is 37.1 Å². The van der Waals surface area contributed by atoms with E-state index in [0.717, 1.165) is 17.5 Å². The molecule has 1 amide bonds. The van der Waals surface area contributed by atoms with E-state index in [1.165, 1.54) is 0 Å². The molecular formula is C19H22N6O2. The van der Waals surface area contributed by atoms with E-state index in [9.17, 15) is 4.79 Å². The summed E-state index contributed by atoms with van der Waals surface area (Å²) in [5.74, 6) is 1.26. The molecule has 27 heavy (non-hydrogen) atoms. The maximum Gasteiger partial charge on any atom is 0.249 e. The van der Waals surface area contributed by atoms with E-state index in [2.05, 4.69) is 25.5 Å². The molecule has 1 saturated carbocycles. The van der Waals surface area contributed by atoms with Gasteiger partial charge in [0.05, 0.1) is 6.20 Å². The van der Waals surface area contributed by atoms with E-state index in [1.54, 1.807) is 17.1 Å². The van der Waals surface area contributed by atoms with Crippen LogP contribution in [0.15, 0.2) is 41.4 Å². The van der Waals surface area contributed by atoms with Crippen molar-refractivity contribution in [1.82, 2.24) is 30.2 Å². The summed E-state index contributed by atoms with van der Waals surface area (Å²) >= 11 is 0. The first-order valence-electron chi connectivity index (χ1n) is 9.06. The highest BCUT2D eigenvalue weighted by molar-refractivity contribution is 5.83. The Morgan fingerprint density at radius 2 is 2.11 bits per heavy atom. The van der Waals surface area contributed by atoms with E-state index in [-0.39, 0.29) is 29.7 Å². The molecule has 1 aliphatic rings. The number of nitrogens with zero attached hydrogens (tertiary/aromatic N) is 5. The van der Waals surface area contributed by atoms with Gasteiger partial charge in [-0.25, -0.2) is 0 Å². The van der Waals surface area contributed by atoms with Gasteiger partial charge in [0.1, 0.15) is 6.04 Å². The van der Waals surface area contributed by atoms with Gasteiger partial charge >= 0.3 is 0 Å². The number of carbonyl (C=O) groups excluding carboxylic acids is 1. The zero-order valence-corrected chi connectivity index (χ0v) is 15.5. The molecule has 0 saturated heterocycles. The molecule has 4 rings (SSSR count). The molecule has 8 heteroatoms. The molecule has 0 aliphatic heterocycles. The summed E-state index contributed by atoms with van der Waals surface area (Å²) in [6, 6.07) is 3.32. The maximum atomic E-state index is 12.7. The Morgan fingerprint density at radius 3 is 2.78 bits per heavy atom. The van der Waals surface area contributed by atoms with Crippen LogP contribution in [0.5, 0.6) is 0 Å². The van der Waals surface area contributed by atoms with Gasteiger partial charge in [0.15, 0.2) is 0 Å². The first kappa shape index (κ1) is 17.4. The Kier molecular flexibility index (Phi) is 4.47. The third-order valence-corrected chi connectivity index (χ3v) is 4.89. The number of amides is 1. The summed E-state index contributed by atoms with van der Waals surface area (Å²) in [6.07, 6.45) is 8.00. The molecule has 0 aromatic carbocycles. The van der Waals surface area contributed by atoms with Crippen LogP contribution in [0.3, 0.4) is 0 Å². The normalized spacial score (nSPS) is 19.9. The Hall–Kier alpha value is -3.03. The summed E-state index contributed by atoms with van der Waals surface area (Å²) in [5, 5.41) is 11.3. The minimum absolute atomic E-state index is 0.0196. The van der Waals surface area contributed by atoms with Crippen LogP contribution in [-0.2, 0) is 11.8 Å². The lowest BCUT2D eigenvalue weighted by Crippen LogP contribution is -2.33. The van der Waals surface area contributed by atoms with Crippen LogP contribution in [0.1, 0.15) is 43.7 Å². The molecule has 1 N–H and O–H groups in total. The fraction of sp³-hybridized carbons (Fsp3) is 0.421. The van der Waals surface area contributed by atoms with Crippen LogP contribution >= 0.6 is 0 Å². The van der Waals surface area contributed by atoms with E-state index in [0.29, 0.717) is 11.7 Å². The molecule has 0 bridgehead atoms. The van der Waals surface area contributed by atoms with Crippen LogP contribution < -0.4 is 5.32 Å². The standard InChI is InChI=1S/C19H22N6O2/c1-11(2)16(19-23-17(24-27-19)12-4-6-20-7-5-12)22-18(26)15-8-14(15)13-9-21-25(3)10-13/h4-7,9-11,14-16H,8H2,1-3H3,(H,22,26). The molecule has 3 unspecified atom stereocenters. The van der Waals surface area contributed by atoms with Crippen molar-refractivity contribution < 1.29 is 9.32 Å². The third kappa shape index (κ3) is 3.60. The van der Waals surface area contributed by atoms with Crippen molar-refractivity contribution in [2.45, 2.75) is 32.2 Å². The summed E-state index contributed by atoms with van der Waals surface area (Å²) in [4.78, 5) is 21.2. The first-order valence-corrected chi connectivity index (χ1v) is 9.06. The van der Waals surface area contributed by atoms with E-state index in [1.807, 2.05) is 45.4 Å². The second-order valence-electron chi connectivity index (χ2n) is 7.32. The number of pyridine rings is 1. The van der Waals surface area contributed by atoms with Crippen molar-refractivity contribution in [1.29, 1.82) is 0 Å². The number of aromatic nitrogens is 5. The molecular weight excluding hydrogens is 344 g/mol. The molecule has 3 aromatic heterocycles. The van der Waals surface area contributed by atoms with Gasteiger partial charge in [-0.1, -0.05) is 19.0 Å². The predicted molar refractivity (Wildman–Crippen MR) is 97.3 cm³/mol. The summed E-state index contributed by atoms with van der Waals surface area (Å²) in [5.41, 5.74) is 1.93. The molecule has 0 radical (unpaired) electrons.